The van der Waals surface area contributed by atoms with Gasteiger partial charge in [0.05, 0.1) is 36.0 Å². The van der Waals surface area contributed by atoms with Crippen LogP contribution in [0.15, 0.2) is 106 Å². The number of carbonyl (C=O) groups is 2. The molecule has 0 atom stereocenters. The Morgan fingerprint density at radius 1 is 0.947 bits per heavy atom. The van der Waals surface area contributed by atoms with Crippen molar-refractivity contribution in [2.45, 2.75) is 18.2 Å². The van der Waals surface area contributed by atoms with Crippen molar-refractivity contribution in [3.63, 3.8) is 0 Å². The number of thioether (sulfide) groups is 1. The van der Waals surface area contributed by atoms with Gasteiger partial charge in [-0.1, -0.05) is 42.1 Å². The number of carbonyl (C=O) groups excluding carboxylic acids is 2. The van der Waals surface area contributed by atoms with E-state index in [1.54, 1.807) is 30.3 Å². The highest BCUT2D eigenvalue weighted by Crippen LogP contribution is 2.21. The summed E-state index contributed by atoms with van der Waals surface area (Å²) in [7, 11) is 0. The van der Waals surface area contributed by atoms with Gasteiger partial charge in [0.15, 0.2) is 10.9 Å². The first-order valence-corrected chi connectivity index (χ1v) is 12.8. The van der Waals surface area contributed by atoms with E-state index >= 15 is 0 Å². The van der Waals surface area contributed by atoms with Crippen molar-refractivity contribution in [2.24, 2.45) is 0 Å². The van der Waals surface area contributed by atoms with Gasteiger partial charge in [0.25, 0.3) is 11.5 Å². The van der Waals surface area contributed by atoms with Crippen LogP contribution in [-0.4, -0.2) is 27.0 Å². The molecule has 38 heavy (non-hydrogen) atoms. The van der Waals surface area contributed by atoms with Gasteiger partial charge < -0.3 is 9.73 Å². The molecule has 0 fully saturated rings. The molecule has 0 radical (unpaired) electrons. The fourth-order valence-corrected chi connectivity index (χ4v) is 4.78. The zero-order valence-electron chi connectivity index (χ0n) is 20.1. The summed E-state index contributed by atoms with van der Waals surface area (Å²) in [4.78, 5) is 43.7. The highest BCUT2D eigenvalue weighted by atomic mass is 32.2. The van der Waals surface area contributed by atoms with E-state index in [1.807, 2.05) is 30.3 Å². The molecule has 190 valence electrons. The highest BCUT2D eigenvalue weighted by molar-refractivity contribution is 7.99. The molecule has 1 amide bonds. The van der Waals surface area contributed by atoms with Gasteiger partial charge in [0.2, 0.25) is 0 Å². The monoisotopic (exact) mass is 527 g/mol. The number of amides is 1. The molecular formula is C29H22FN3O4S. The molecule has 0 saturated carbocycles. The fraction of sp³-hybridized carbons (Fsp3) is 0.103. The van der Waals surface area contributed by atoms with E-state index in [9.17, 15) is 18.8 Å². The molecule has 0 aliphatic rings. The Hall–Kier alpha value is -4.50. The second-order valence-corrected chi connectivity index (χ2v) is 9.43. The largest absolute Gasteiger partial charge is 0.467 e. The van der Waals surface area contributed by atoms with Gasteiger partial charge in [-0.25, -0.2) is 9.37 Å². The average molecular weight is 528 g/mol. The van der Waals surface area contributed by atoms with E-state index in [4.69, 9.17) is 4.42 Å². The third-order valence-corrected chi connectivity index (χ3v) is 6.84. The Bertz CT molecular complexity index is 1650. The number of fused-ring (bicyclic) bond motifs is 1. The number of benzene rings is 3. The molecule has 2 heterocycles. The predicted molar refractivity (Wildman–Crippen MR) is 143 cm³/mol. The van der Waals surface area contributed by atoms with E-state index in [0.717, 1.165) is 17.3 Å². The van der Waals surface area contributed by atoms with Crippen molar-refractivity contribution in [3.8, 4) is 0 Å². The lowest BCUT2D eigenvalue weighted by atomic mass is 10.1. The van der Waals surface area contributed by atoms with Crippen LogP contribution in [0.25, 0.3) is 10.9 Å². The molecule has 0 bridgehead atoms. The second-order valence-electron chi connectivity index (χ2n) is 8.48. The third-order valence-electron chi connectivity index (χ3n) is 5.87. The van der Waals surface area contributed by atoms with Gasteiger partial charge in [-0.05, 0) is 60.2 Å². The van der Waals surface area contributed by atoms with Gasteiger partial charge in [0, 0.05) is 11.1 Å². The molecule has 0 aliphatic heterocycles. The van der Waals surface area contributed by atoms with Crippen LogP contribution >= 0.6 is 11.8 Å². The number of aromatic nitrogens is 2. The van der Waals surface area contributed by atoms with Crippen molar-refractivity contribution in [1.29, 1.82) is 0 Å². The van der Waals surface area contributed by atoms with Gasteiger partial charge in [-0.15, -0.1) is 0 Å². The topological polar surface area (TPSA) is 94.2 Å². The van der Waals surface area contributed by atoms with Gasteiger partial charge in [0.1, 0.15) is 11.6 Å². The van der Waals surface area contributed by atoms with Crippen LogP contribution < -0.4 is 10.9 Å². The maximum absolute atomic E-state index is 13.5. The standard InChI is InChI=1S/C29H22FN3O4S/c30-22-11-8-20(9-12-22)26(34)18-38-29-32-25-15-21(27(35)31-16-23-7-4-14-37-23)10-13-24(25)28(36)33(29)17-19-5-2-1-3-6-19/h1-15H,16-18H2,(H,31,35). The summed E-state index contributed by atoms with van der Waals surface area (Å²) in [5.41, 5.74) is 1.68. The minimum Gasteiger partial charge on any atom is -0.467 e. The first-order chi connectivity index (χ1) is 18.5. The van der Waals surface area contributed by atoms with E-state index in [0.29, 0.717) is 32.9 Å². The van der Waals surface area contributed by atoms with Gasteiger partial charge >= 0.3 is 0 Å². The molecule has 5 rings (SSSR count). The van der Waals surface area contributed by atoms with Crippen LogP contribution in [0, 0.1) is 5.82 Å². The zero-order valence-corrected chi connectivity index (χ0v) is 20.9. The van der Waals surface area contributed by atoms with Crippen LogP contribution in [-0.2, 0) is 13.1 Å². The molecule has 2 aromatic heterocycles. The molecule has 9 heteroatoms. The average Bonchev–Trinajstić information content (AvgIpc) is 3.46. The summed E-state index contributed by atoms with van der Waals surface area (Å²) in [6, 6.07) is 23.0. The zero-order chi connectivity index (χ0) is 26.5. The smallest absolute Gasteiger partial charge is 0.262 e. The van der Waals surface area contributed by atoms with Gasteiger partial charge in [-0.3, -0.25) is 19.0 Å². The molecule has 3 aromatic carbocycles. The number of nitrogens with one attached hydrogen (secondary N) is 1. The lowest BCUT2D eigenvalue weighted by molar-refractivity contribution is 0.0947. The van der Waals surface area contributed by atoms with E-state index < -0.39 is 5.82 Å². The second kappa shape index (κ2) is 11.3. The van der Waals surface area contributed by atoms with Crippen LogP contribution in [0.4, 0.5) is 4.39 Å². The number of hydrogen-bond donors (Lipinski definition) is 1. The Morgan fingerprint density at radius 3 is 2.45 bits per heavy atom. The SMILES string of the molecule is O=C(CSc1nc2cc(C(=O)NCc3ccco3)ccc2c(=O)n1Cc1ccccc1)c1ccc(F)cc1. The first-order valence-electron chi connectivity index (χ1n) is 11.8. The summed E-state index contributed by atoms with van der Waals surface area (Å²) in [6.07, 6.45) is 1.53. The lowest BCUT2D eigenvalue weighted by Crippen LogP contribution is -2.25. The van der Waals surface area contributed by atoms with Crippen molar-refractivity contribution in [3.05, 3.63) is 130 Å². The minimum atomic E-state index is -0.425. The number of nitrogens with zero attached hydrogens (tertiary/aromatic N) is 2. The summed E-state index contributed by atoms with van der Waals surface area (Å²) < 4.78 is 20.0. The van der Waals surface area contributed by atoms with Crippen LogP contribution in [0.5, 0.6) is 0 Å². The highest BCUT2D eigenvalue weighted by Gasteiger charge is 2.17. The molecule has 1 N–H and O–H groups in total. The van der Waals surface area contributed by atoms with Gasteiger partial charge in [-0.2, -0.15) is 0 Å². The summed E-state index contributed by atoms with van der Waals surface area (Å²) in [5, 5.41) is 3.48. The molecule has 0 saturated heterocycles. The molecule has 0 spiro atoms. The fourth-order valence-electron chi connectivity index (χ4n) is 3.89. The molecular weight excluding hydrogens is 505 g/mol. The number of rotatable bonds is 9. The third kappa shape index (κ3) is 5.73. The van der Waals surface area contributed by atoms with E-state index in [-0.39, 0.29) is 36.1 Å². The summed E-state index contributed by atoms with van der Waals surface area (Å²) >= 11 is 1.12. The predicted octanol–water partition coefficient (Wildman–Crippen LogP) is 5.08. The summed E-state index contributed by atoms with van der Waals surface area (Å²) in [5.74, 6) is -0.362. The Balaban J connectivity index is 1.46. The number of furan rings is 1. The Labute approximate surface area is 221 Å². The minimum absolute atomic E-state index is 0.00168. The van der Waals surface area contributed by atoms with Crippen molar-refractivity contribution >= 4 is 34.4 Å². The molecule has 5 aromatic rings. The number of Topliss-reactive ketones (excluding diaryl/α,β-unsaturated/α-hetero) is 1. The Kier molecular flexibility index (Phi) is 7.46. The summed E-state index contributed by atoms with van der Waals surface area (Å²) in [6.45, 7) is 0.490. The van der Waals surface area contributed by atoms with E-state index in [1.165, 1.54) is 35.1 Å². The molecule has 7 nitrogen and oxygen atoms in total. The van der Waals surface area contributed by atoms with E-state index in [2.05, 4.69) is 10.3 Å². The maximum atomic E-state index is 13.5. The van der Waals surface area contributed by atoms with Crippen molar-refractivity contribution < 1.29 is 18.4 Å². The lowest BCUT2D eigenvalue weighted by Gasteiger charge is -2.14. The van der Waals surface area contributed by atoms with Crippen molar-refractivity contribution in [2.75, 3.05) is 5.75 Å². The molecule has 0 aliphatic carbocycles. The molecule has 0 unspecified atom stereocenters. The van der Waals surface area contributed by atoms with Crippen molar-refractivity contribution in [1.82, 2.24) is 14.9 Å². The Morgan fingerprint density at radius 2 is 1.71 bits per heavy atom. The van der Waals surface area contributed by atoms with Crippen LogP contribution in [0.1, 0.15) is 32.0 Å². The first kappa shape index (κ1) is 25.2. The number of hydrogen-bond acceptors (Lipinski definition) is 6. The number of halogens is 1. The quantitative estimate of drug-likeness (QED) is 0.163. The van der Waals surface area contributed by atoms with Crippen LogP contribution in [0.2, 0.25) is 0 Å². The normalized spacial score (nSPS) is 11.0. The maximum Gasteiger partial charge on any atom is 0.262 e. The van der Waals surface area contributed by atoms with Crippen LogP contribution in [0.3, 0.4) is 0 Å². The number of ketones is 1.